The maximum absolute atomic E-state index is 4.52. The molecule has 76 valence electrons. The first kappa shape index (κ1) is 10.2. The van der Waals surface area contributed by atoms with Crippen LogP contribution in [0.1, 0.15) is 37.8 Å². The van der Waals surface area contributed by atoms with Gasteiger partial charge in [0.15, 0.2) is 0 Å². The van der Waals surface area contributed by atoms with E-state index in [2.05, 4.69) is 33.0 Å². The summed E-state index contributed by atoms with van der Waals surface area (Å²) in [7, 11) is 0. The monoisotopic (exact) mass is 253 g/mol. The molecule has 0 aromatic carbocycles. The molecule has 2 rings (SSSR count). The summed E-state index contributed by atoms with van der Waals surface area (Å²) >= 11 is 3.66. The maximum atomic E-state index is 4.52. The molecule has 0 saturated heterocycles. The van der Waals surface area contributed by atoms with Crippen LogP contribution in [0.15, 0.2) is 24.4 Å². The molecule has 2 heteroatoms. The first-order chi connectivity index (χ1) is 6.87. The molecule has 1 nitrogen and oxygen atoms in total. The van der Waals surface area contributed by atoms with E-state index in [0.29, 0.717) is 5.41 Å². The molecule has 1 fully saturated rings. The third kappa shape index (κ3) is 1.85. The third-order valence-corrected chi connectivity index (χ3v) is 4.35. The van der Waals surface area contributed by atoms with E-state index in [9.17, 15) is 0 Å². The average Bonchev–Trinajstić information content (AvgIpc) is 2.31. The Morgan fingerprint density at radius 3 is 2.57 bits per heavy atom. The summed E-state index contributed by atoms with van der Waals surface area (Å²) in [5.74, 6) is 0. The van der Waals surface area contributed by atoms with Crippen molar-refractivity contribution < 1.29 is 0 Å². The van der Waals surface area contributed by atoms with Crippen LogP contribution in [0.4, 0.5) is 0 Å². The molecular formula is C12H16BrN. The standard InChI is InChI=1S/C12H16BrN/c13-10-12(7-3-1-4-8-12)11-6-2-5-9-14-11/h2,5-6,9H,1,3-4,7-8,10H2. The van der Waals surface area contributed by atoms with Crippen molar-refractivity contribution in [2.75, 3.05) is 5.33 Å². The van der Waals surface area contributed by atoms with Crippen LogP contribution >= 0.6 is 15.9 Å². The van der Waals surface area contributed by atoms with E-state index < -0.39 is 0 Å². The van der Waals surface area contributed by atoms with E-state index in [1.807, 2.05) is 12.3 Å². The highest BCUT2D eigenvalue weighted by molar-refractivity contribution is 9.09. The van der Waals surface area contributed by atoms with Gasteiger partial charge in [-0.25, -0.2) is 0 Å². The fourth-order valence-corrected chi connectivity index (χ4v) is 3.21. The van der Waals surface area contributed by atoms with Crippen molar-refractivity contribution in [3.63, 3.8) is 0 Å². The number of hydrogen-bond acceptors (Lipinski definition) is 1. The molecule has 0 aliphatic heterocycles. The largest absolute Gasteiger partial charge is 0.261 e. The van der Waals surface area contributed by atoms with Crippen LogP contribution in [-0.2, 0) is 5.41 Å². The summed E-state index contributed by atoms with van der Waals surface area (Å²) < 4.78 is 0. The van der Waals surface area contributed by atoms with E-state index in [1.165, 1.54) is 37.8 Å². The number of halogens is 1. The summed E-state index contributed by atoms with van der Waals surface area (Å²) in [5, 5.41) is 1.05. The minimum Gasteiger partial charge on any atom is -0.261 e. The first-order valence-corrected chi connectivity index (χ1v) is 6.47. The van der Waals surface area contributed by atoms with Gasteiger partial charge in [-0.2, -0.15) is 0 Å². The van der Waals surface area contributed by atoms with E-state index in [1.54, 1.807) is 0 Å². The Labute approximate surface area is 94.1 Å². The molecule has 0 spiro atoms. The zero-order valence-corrected chi connectivity index (χ0v) is 9.96. The molecule has 0 unspecified atom stereocenters. The average molecular weight is 254 g/mol. The van der Waals surface area contributed by atoms with Crippen molar-refractivity contribution in [3.8, 4) is 0 Å². The summed E-state index contributed by atoms with van der Waals surface area (Å²) in [6.45, 7) is 0. The van der Waals surface area contributed by atoms with Crippen LogP contribution in [-0.4, -0.2) is 10.3 Å². The van der Waals surface area contributed by atoms with Crippen molar-refractivity contribution in [2.45, 2.75) is 37.5 Å². The maximum Gasteiger partial charge on any atom is 0.0473 e. The highest BCUT2D eigenvalue weighted by Crippen LogP contribution is 2.39. The highest BCUT2D eigenvalue weighted by Gasteiger charge is 2.33. The molecule has 0 radical (unpaired) electrons. The number of pyridine rings is 1. The minimum atomic E-state index is 0.319. The number of rotatable bonds is 2. The molecule has 1 heterocycles. The van der Waals surface area contributed by atoms with Crippen LogP contribution in [0.25, 0.3) is 0 Å². The fraction of sp³-hybridized carbons (Fsp3) is 0.583. The Balaban J connectivity index is 2.27. The predicted octanol–water partition coefficient (Wildman–Crippen LogP) is 3.68. The molecule has 0 amide bonds. The lowest BCUT2D eigenvalue weighted by molar-refractivity contribution is 0.320. The second-order valence-electron chi connectivity index (χ2n) is 4.19. The quantitative estimate of drug-likeness (QED) is 0.733. The predicted molar refractivity (Wildman–Crippen MR) is 62.8 cm³/mol. The molecule has 0 bridgehead atoms. The van der Waals surface area contributed by atoms with Crippen LogP contribution in [0.5, 0.6) is 0 Å². The Hall–Kier alpha value is -0.370. The molecular weight excluding hydrogens is 238 g/mol. The Bertz CT molecular complexity index is 278. The van der Waals surface area contributed by atoms with Gasteiger partial charge < -0.3 is 0 Å². The van der Waals surface area contributed by atoms with Gasteiger partial charge in [0.25, 0.3) is 0 Å². The smallest absolute Gasteiger partial charge is 0.0473 e. The van der Waals surface area contributed by atoms with Gasteiger partial charge in [-0.1, -0.05) is 41.3 Å². The van der Waals surface area contributed by atoms with Crippen LogP contribution in [0, 0.1) is 0 Å². The fourth-order valence-electron chi connectivity index (χ4n) is 2.36. The second kappa shape index (κ2) is 4.43. The van der Waals surface area contributed by atoms with Crippen LogP contribution in [0.3, 0.4) is 0 Å². The Morgan fingerprint density at radius 2 is 2.00 bits per heavy atom. The van der Waals surface area contributed by atoms with Crippen LogP contribution < -0.4 is 0 Å². The summed E-state index contributed by atoms with van der Waals surface area (Å²) in [6.07, 6.45) is 8.57. The van der Waals surface area contributed by atoms with Gasteiger partial charge in [0.1, 0.15) is 0 Å². The topological polar surface area (TPSA) is 12.9 Å². The summed E-state index contributed by atoms with van der Waals surface area (Å²) in [4.78, 5) is 4.52. The zero-order valence-electron chi connectivity index (χ0n) is 8.38. The van der Waals surface area contributed by atoms with Gasteiger partial charge in [0.05, 0.1) is 0 Å². The lowest BCUT2D eigenvalue weighted by Crippen LogP contribution is -2.31. The molecule has 1 aliphatic carbocycles. The Morgan fingerprint density at radius 1 is 1.21 bits per heavy atom. The first-order valence-electron chi connectivity index (χ1n) is 5.35. The molecule has 14 heavy (non-hydrogen) atoms. The van der Waals surface area contributed by atoms with Crippen molar-refractivity contribution in [3.05, 3.63) is 30.1 Å². The van der Waals surface area contributed by atoms with Gasteiger partial charge in [0.2, 0.25) is 0 Å². The van der Waals surface area contributed by atoms with Crippen molar-refractivity contribution in [1.82, 2.24) is 4.98 Å². The minimum absolute atomic E-state index is 0.319. The molecule has 0 atom stereocenters. The number of nitrogens with zero attached hydrogens (tertiary/aromatic N) is 1. The summed E-state index contributed by atoms with van der Waals surface area (Å²) in [5.41, 5.74) is 1.59. The Kier molecular flexibility index (Phi) is 3.22. The highest BCUT2D eigenvalue weighted by atomic mass is 79.9. The second-order valence-corrected chi connectivity index (χ2v) is 4.75. The number of alkyl halides is 1. The van der Waals surface area contributed by atoms with E-state index in [-0.39, 0.29) is 0 Å². The van der Waals surface area contributed by atoms with Crippen LogP contribution in [0.2, 0.25) is 0 Å². The van der Waals surface area contributed by atoms with Crippen molar-refractivity contribution in [2.24, 2.45) is 0 Å². The number of hydrogen-bond donors (Lipinski definition) is 0. The van der Waals surface area contributed by atoms with Crippen molar-refractivity contribution in [1.29, 1.82) is 0 Å². The van der Waals surface area contributed by atoms with Gasteiger partial charge in [-0.3, -0.25) is 4.98 Å². The lowest BCUT2D eigenvalue weighted by Gasteiger charge is -2.35. The van der Waals surface area contributed by atoms with E-state index >= 15 is 0 Å². The zero-order chi connectivity index (χ0) is 9.86. The third-order valence-electron chi connectivity index (χ3n) is 3.27. The normalized spacial score (nSPS) is 20.6. The molecule has 1 aliphatic rings. The molecule has 1 saturated carbocycles. The van der Waals surface area contributed by atoms with Gasteiger partial charge in [-0.15, -0.1) is 0 Å². The van der Waals surface area contributed by atoms with Gasteiger partial charge in [-0.05, 0) is 25.0 Å². The number of aromatic nitrogens is 1. The van der Waals surface area contributed by atoms with E-state index in [0.717, 1.165) is 5.33 Å². The van der Waals surface area contributed by atoms with Gasteiger partial charge >= 0.3 is 0 Å². The molecule has 1 aromatic heterocycles. The lowest BCUT2D eigenvalue weighted by atomic mass is 9.73. The van der Waals surface area contributed by atoms with Crippen molar-refractivity contribution >= 4 is 15.9 Å². The molecule has 0 N–H and O–H groups in total. The summed E-state index contributed by atoms with van der Waals surface area (Å²) in [6, 6.07) is 6.27. The molecule has 1 aromatic rings. The van der Waals surface area contributed by atoms with Gasteiger partial charge in [0, 0.05) is 22.6 Å². The van der Waals surface area contributed by atoms with E-state index in [4.69, 9.17) is 0 Å². The SMILES string of the molecule is BrCC1(c2ccccn2)CCCCC1.